The number of hydrogen-bond donors (Lipinski definition) is 0. The molecule has 0 saturated heterocycles. The third-order valence-electron chi connectivity index (χ3n) is 5.56. The van der Waals surface area contributed by atoms with Crippen LogP contribution in [0, 0.1) is 5.92 Å². The summed E-state index contributed by atoms with van der Waals surface area (Å²) in [7, 11) is -3.84. The highest BCUT2D eigenvalue weighted by molar-refractivity contribution is 7.92. The monoisotopic (exact) mass is 510 g/mol. The number of furan rings is 1. The van der Waals surface area contributed by atoms with Gasteiger partial charge < -0.3 is 18.8 Å². The van der Waals surface area contributed by atoms with Gasteiger partial charge in [0.25, 0.3) is 0 Å². The summed E-state index contributed by atoms with van der Waals surface area (Å²) >= 11 is 0. The van der Waals surface area contributed by atoms with Gasteiger partial charge in [0, 0.05) is 18.5 Å². The number of sulfonamides is 1. The Bertz CT molecular complexity index is 1290. The van der Waals surface area contributed by atoms with Crippen LogP contribution in [0.4, 0.5) is 0 Å². The van der Waals surface area contributed by atoms with Gasteiger partial charge in [-0.25, -0.2) is 8.42 Å². The minimum absolute atomic E-state index is 0.0325. The number of carbonyl (C=O) groups is 1. The van der Waals surface area contributed by atoms with E-state index in [2.05, 4.69) is 0 Å². The van der Waals surface area contributed by atoms with Crippen LogP contribution in [-0.2, 0) is 27.9 Å². The summed E-state index contributed by atoms with van der Waals surface area (Å²) < 4.78 is 44.0. The van der Waals surface area contributed by atoms with Crippen LogP contribution in [0.25, 0.3) is 6.08 Å². The van der Waals surface area contributed by atoms with Crippen molar-refractivity contribution >= 4 is 22.0 Å². The smallest absolute Gasteiger partial charge is 0.238 e. The van der Waals surface area contributed by atoms with Crippen LogP contribution in [0.3, 0.4) is 0 Å². The predicted octanol–water partition coefficient (Wildman–Crippen LogP) is 4.50. The zero-order chi connectivity index (χ0) is 25.5. The van der Waals surface area contributed by atoms with Crippen LogP contribution in [0.1, 0.15) is 30.7 Å². The largest absolute Gasteiger partial charge is 0.467 e. The van der Waals surface area contributed by atoms with Gasteiger partial charge in [0.1, 0.15) is 5.76 Å². The third kappa shape index (κ3) is 6.77. The molecule has 2 heterocycles. The van der Waals surface area contributed by atoms with Gasteiger partial charge in [-0.3, -0.25) is 4.79 Å². The van der Waals surface area contributed by atoms with E-state index in [1.807, 2.05) is 56.3 Å². The molecular formula is C27H30N2O6S. The summed E-state index contributed by atoms with van der Waals surface area (Å²) in [5, 5.41) is 1.16. The summed E-state index contributed by atoms with van der Waals surface area (Å²) in [6.07, 6.45) is 3.09. The lowest BCUT2D eigenvalue weighted by molar-refractivity contribution is -0.133. The van der Waals surface area contributed by atoms with Crippen molar-refractivity contribution in [3.05, 3.63) is 89.2 Å². The SMILES string of the molecule is CC(C)CN(CC(=O)N(Cc1ccc2c(c1)OCO2)Cc1ccco1)S(=O)(=O)C=Cc1ccccc1. The zero-order valence-electron chi connectivity index (χ0n) is 20.4. The molecule has 1 amide bonds. The van der Waals surface area contributed by atoms with Crippen LogP contribution in [0.2, 0.25) is 0 Å². The Morgan fingerprint density at radius 2 is 1.78 bits per heavy atom. The predicted molar refractivity (Wildman–Crippen MR) is 136 cm³/mol. The van der Waals surface area contributed by atoms with Gasteiger partial charge in [-0.2, -0.15) is 4.31 Å². The average molecular weight is 511 g/mol. The van der Waals surface area contributed by atoms with Gasteiger partial charge in [0.05, 0.1) is 19.4 Å². The number of fused-ring (bicyclic) bond motifs is 1. The van der Waals surface area contributed by atoms with E-state index < -0.39 is 10.0 Å². The molecule has 0 fully saturated rings. The second kappa shape index (κ2) is 11.5. The Hall–Kier alpha value is -3.56. The van der Waals surface area contributed by atoms with Crippen molar-refractivity contribution in [2.24, 2.45) is 5.92 Å². The molecule has 0 radical (unpaired) electrons. The van der Waals surface area contributed by atoms with Crippen LogP contribution >= 0.6 is 0 Å². The summed E-state index contributed by atoms with van der Waals surface area (Å²) in [5.74, 6) is 1.58. The molecule has 1 aromatic heterocycles. The van der Waals surface area contributed by atoms with Crippen LogP contribution in [-0.4, -0.2) is 43.4 Å². The fraction of sp³-hybridized carbons (Fsp3) is 0.296. The first-order valence-electron chi connectivity index (χ1n) is 11.7. The Balaban J connectivity index is 1.55. The maximum Gasteiger partial charge on any atom is 0.238 e. The van der Waals surface area contributed by atoms with E-state index in [4.69, 9.17) is 13.9 Å². The maximum absolute atomic E-state index is 13.5. The molecule has 1 aliphatic rings. The fourth-order valence-corrected chi connectivity index (χ4v) is 5.11. The molecular weight excluding hydrogens is 480 g/mol. The Labute approximate surface area is 211 Å². The molecule has 0 atom stereocenters. The molecule has 3 aromatic rings. The molecule has 36 heavy (non-hydrogen) atoms. The van der Waals surface area contributed by atoms with E-state index in [0.717, 1.165) is 16.5 Å². The van der Waals surface area contributed by atoms with Gasteiger partial charge in [-0.05, 0) is 47.4 Å². The lowest BCUT2D eigenvalue weighted by Gasteiger charge is -2.27. The van der Waals surface area contributed by atoms with Crippen LogP contribution in [0.5, 0.6) is 11.5 Å². The molecule has 4 rings (SSSR count). The molecule has 0 N–H and O–H groups in total. The van der Waals surface area contributed by atoms with Gasteiger partial charge >= 0.3 is 0 Å². The average Bonchev–Trinajstić information content (AvgIpc) is 3.54. The zero-order valence-corrected chi connectivity index (χ0v) is 21.2. The van der Waals surface area contributed by atoms with Crippen molar-refractivity contribution in [3.8, 4) is 11.5 Å². The minimum Gasteiger partial charge on any atom is -0.467 e. The summed E-state index contributed by atoms with van der Waals surface area (Å²) in [5.41, 5.74) is 1.60. The quantitative estimate of drug-likeness (QED) is 0.378. The lowest BCUT2D eigenvalue weighted by Crippen LogP contribution is -2.43. The fourth-order valence-electron chi connectivity index (χ4n) is 3.81. The first kappa shape index (κ1) is 25.5. The summed E-state index contributed by atoms with van der Waals surface area (Å²) in [6.45, 7) is 4.38. The minimum atomic E-state index is -3.84. The van der Waals surface area contributed by atoms with Crippen molar-refractivity contribution in [2.45, 2.75) is 26.9 Å². The van der Waals surface area contributed by atoms with Gasteiger partial charge in [-0.1, -0.05) is 50.2 Å². The van der Waals surface area contributed by atoms with Crippen molar-refractivity contribution in [2.75, 3.05) is 19.9 Å². The molecule has 9 heteroatoms. The van der Waals surface area contributed by atoms with E-state index in [0.29, 0.717) is 17.3 Å². The normalized spacial score (nSPS) is 13.1. The van der Waals surface area contributed by atoms with Crippen molar-refractivity contribution in [1.29, 1.82) is 0 Å². The van der Waals surface area contributed by atoms with Crippen molar-refractivity contribution in [1.82, 2.24) is 9.21 Å². The Kier molecular flexibility index (Phi) is 8.12. The lowest BCUT2D eigenvalue weighted by atomic mass is 10.2. The third-order valence-corrected chi connectivity index (χ3v) is 7.04. The molecule has 2 aromatic carbocycles. The highest BCUT2D eigenvalue weighted by atomic mass is 32.2. The number of nitrogens with zero attached hydrogens (tertiary/aromatic N) is 2. The van der Waals surface area contributed by atoms with Gasteiger partial charge in [0.15, 0.2) is 11.5 Å². The molecule has 0 saturated carbocycles. The van der Waals surface area contributed by atoms with Crippen molar-refractivity contribution in [3.63, 3.8) is 0 Å². The molecule has 0 unspecified atom stereocenters. The standard InChI is InChI=1S/C27H30N2O6S/c1-21(2)16-29(36(31,32)14-12-22-7-4-3-5-8-22)19-27(30)28(18-24-9-6-13-33-24)17-23-10-11-25-26(15-23)35-20-34-25/h3-15,21H,16-20H2,1-2H3. The number of amides is 1. The highest BCUT2D eigenvalue weighted by Gasteiger charge is 2.27. The number of benzene rings is 2. The van der Waals surface area contributed by atoms with E-state index in [-0.39, 0.29) is 44.8 Å². The van der Waals surface area contributed by atoms with E-state index in [1.54, 1.807) is 35.4 Å². The highest BCUT2D eigenvalue weighted by Crippen LogP contribution is 2.33. The first-order chi connectivity index (χ1) is 17.3. The summed E-state index contributed by atoms with van der Waals surface area (Å²) in [4.78, 5) is 15.1. The van der Waals surface area contributed by atoms with Crippen LogP contribution < -0.4 is 9.47 Å². The molecule has 8 nitrogen and oxygen atoms in total. The molecule has 0 aliphatic carbocycles. The molecule has 190 valence electrons. The van der Waals surface area contributed by atoms with E-state index in [9.17, 15) is 13.2 Å². The topological polar surface area (TPSA) is 89.3 Å². The van der Waals surface area contributed by atoms with E-state index >= 15 is 0 Å². The number of hydrogen-bond acceptors (Lipinski definition) is 6. The summed E-state index contributed by atoms with van der Waals surface area (Å²) in [6, 6.07) is 18.2. The van der Waals surface area contributed by atoms with Gasteiger partial charge in [0.2, 0.25) is 22.7 Å². The van der Waals surface area contributed by atoms with Crippen molar-refractivity contribution < 1.29 is 27.1 Å². The molecule has 0 bridgehead atoms. The Morgan fingerprint density at radius 1 is 1.00 bits per heavy atom. The van der Waals surface area contributed by atoms with Crippen LogP contribution in [0.15, 0.2) is 76.8 Å². The van der Waals surface area contributed by atoms with Gasteiger partial charge in [-0.15, -0.1) is 0 Å². The van der Waals surface area contributed by atoms with E-state index in [1.165, 1.54) is 4.31 Å². The second-order valence-corrected chi connectivity index (χ2v) is 10.8. The number of rotatable bonds is 11. The number of ether oxygens (including phenoxy) is 2. The molecule has 0 spiro atoms. The molecule has 1 aliphatic heterocycles. The first-order valence-corrected chi connectivity index (χ1v) is 13.2. The maximum atomic E-state index is 13.5. The second-order valence-electron chi connectivity index (χ2n) is 8.96. The Morgan fingerprint density at radius 3 is 2.50 bits per heavy atom. The number of carbonyl (C=O) groups excluding carboxylic acids is 1.